The van der Waals surface area contributed by atoms with E-state index in [1.54, 1.807) is 0 Å². The first-order chi connectivity index (χ1) is 7.16. The number of piperidine rings is 1. The fourth-order valence-electron chi connectivity index (χ4n) is 3.22. The van der Waals surface area contributed by atoms with Gasteiger partial charge in [0.05, 0.1) is 0 Å². The Morgan fingerprint density at radius 3 is 2.53 bits per heavy atom. The predicted molar refractivity (Wildman–Crippen MR) is 64.7 cm³/mol. The van der Waals surface area contributed by atoms with Crippen molar-refractivity contribution in [2.45, 2.75) is 58.0 Å². The molecular weight excluding hydrogens is 184 g/mol. The predicted octanol–water partition coefficient (Wildman–Crippen LogP) is 2.23. The number of rotatable bonds is 1. The first kappa shape index (κ1) is 11.4. The van der Waals surface area contributed by atoms with E-state index in [9.17, 15) is 0 Å². The first-order valence-electron chi connectivity index (χ1n) is 6.66. The number of nitrogens with zero attached hydrogens (tertiary/aromatic N) is 1. The molecule has 0 aromatic carbocycles. The van der Waals surface area contributed by atoms with Gasteiger partial charge in [-0.1, -0.05) is 13.8 Å². The maximum absolute atomic E-state index is 6.05. The van der Waals surface area contributed by atoms with E-state index in [1.165, 1.54) is 38.6 Å². The zero-order chi connectivity index (χ0) is 10.8. The van der Waals surface area contributed by atoms with Crippen molar-refractivity contribution in [2.75, 3.05) is 13.1 Å². The Bertz CT molecular complexity index is 205. The Labute approximate surface area is 94.2 Å². The average molecular weight is 210 g/mol. The van der Waals surface area contributed by atoms with Crippen LogP contribution in [0.3, 0.4) is 0 Å². The van der Waals surface area contributed by atoms with Crippen molar-refractivity contribution in [1.82, 2.24) is 4.90 Å². The molecular formula is C13H26N2. The Balaban J connectivity index is 1.87. The molecule has 2 fully saturated rings. The van der Waals surface area contributed by atoms with Gasteiger partial charge in [-0.3, -0.25) is 4.90 Å². The highest BCUT2D eigenvalue weighted by Crippen LogP contribution is 2.32. The van der Waals surface area contributed by atoms with Crippen LogP contribution >= 0.6 is 0 Å². The molecule has 1 heterocycles. The molecule has 88 valence electrons. The van der Waals surface area contributed by atoms with Crippen molar-refractivity contribution in [1.29, 1.82) is 0 Å². The lowest BCUT2D eigenvalue weighted by Crippen LogP contribution is -2.49. The van der Waals surface area contributed by atoms with Gasteiger partial charge in [-0.15, -0.1) is 0 Å². The summed E-state index contributed by atoms with van der Waals surface area (Å²) in [5.41, 5.74) is 6.05. The molecule has 2 nitrogen and oxygen atoms in total. The van der Waals surface area contributed by atoms with Crippen molar-refractivity contribution in [3.63, 3.8) is 0 Å². The minimum atomic E-state index is 0.438. The second kappa shape index (κ2) is 4.84. The lowest BCUT2D eigenvalue weighted by Gasteiger charge is -2.42. The Kier molecular flexibility index (Phi) is 3.68. The lowest BCUT2D eigenvalue weighted by molar-refractivity contribution is 0.0846. The summed E-state index contributed by atoms with van der Waals surface area (Å²) in [7, 11) is 0. The van der Waals surface area contributed by atoms with Crippen LogP contribution in [0.15, 0.2) is 0 Å². The van der Waals surface area contributed by atoms with Crippen LogP contribution in [0.4, 0.5) is 0 Å². The van der Waals surface area contributed by atoms with E-state index in [-0.39, 0.29) is 0 Å². The topological polar surface area (TPSA) is 29.3 Å². The summed E-state index contributed by atoms with van der Waals surface area (Å²) in [6, 6.07) is 1.27. The van der Waals surface area contributed by atoms with E-state index in [0.717, 1.165) is 24.4 Å². The van der Waals surface area contributed by atoms with Gasteiger partial charge >= 0.3 is 0 Å². The molecule has 2 rings (SSSR count). The molecule has 1 saturated carbocycles. The molecule has 0 aromatic rings. The summed E-state index contributed by atoms with van der Waals surface area (Å²) in [5, 5.41) is 0. The molecule has 0 bridgehead atoms. The van der Waals surface area contributed by atoms with Crippen LogP contribution in [0.2, 0.25) is 0 Å². The molecule has 2 heteroatoms. The lowest BCUT2D eigenvalue weighted by atomic mass is 9.78. The van der Waals surface area contributed by atoms with Crippen LogP contribution in [0, 0.1) is 11.8 Å². The van der Waals surface area contributed by atoms with Crippen LogP contribution < -0.4 is 5.73 Å². The van der Waals surface area contributed by atoms with Gasteiger partial charge in [-0.05, 0) is 50.5 Å². The zero-order valence-corrected chi connectivity index (χ0v) is 10.3. The van der Waals surface area contributed by atoms with Crippen LogP contribution in [-0.2, 0) is 0 Å². The van der Waals surface area contributed by atoms with Gasteiger partial charge in [0.25, 0.3) is 0 Å². The first-order valence-corrected chi connectivity index (χ1v) is 6.66. The molecule has 1 aliphatic carbocycles. The molecule has 15 heavy (non-hydrogen) atoms. The van der Waals surface area contributed by atoms with Crippen molar-refractivity contribution >= 4 is 0 Å². The van der Waals surface area contributed by atoms with Crippen LogP contribution in [0.1, 0.15) is 46.0 Å². The van der Waals surface area contributed by atoms with E-state index < -0.39 is 0 Å². The molecule has 0 spiro atoms. The molecule has 0 radical (unpaired) electrons. The van der Waals surface area contributed by atoms with Crippen molar-refractivity contribution in [3.05, 3.63) is 0 Å². The number of likely N-dealkylation sites (tertiary alicyclic amines) is 1. The highest BCUT2D eigenvalue weighted by molar-refractivity contribution is 4.86. The zero-order valence-electron chi connectivity index (χ0n) is 10.3. The SMILES string of the molecule is CC1CCC(N2CCC[C@@H](N)C2)CC1C. The third kappa shape index (κ3) is 2.73. The van der Waals surface area contributed by atoms with Crippen LogP contribution in [0.25, 0.3) is 0 Å². The van der Waals surface area contributed by atoms with Gasteiger partial charge in [-0.2, -0.15) is 0 Å². The van der Waals surface area contributed by atoms with Crippen molar-refractivity contribution in [2.24, 2.45) is 17.6 Å². The van der Waals surface area contributed by atoms with Gasteiger partial charge < -0.3 is 5.73 Å². The normalized spacial score (nSPS) is 44.2. The van der Waals surface area contributed by atoms with Gasteiger partial charge in [0.1, 0.15) is 0 Å². The molecule has 0 amide bonds. The molecule has 1 aliphatic heterocycles. The number of nitrogens with two attached hydrogens (primary N) is 1. The smallest absolute Gasteiger partial charge is 0.0168 e. The number of hydrogen-bond donors (Lipinski definition) is 1. The highest BCUT2D eigenvalue weighted by Gasteiger charge is 2.30. The third-order valence-electron chi connectivity index (χ3n) is 4.58. The van der Waals surface area contributed by atoms with Crippen LogP contribution in [0.5, 0.6) is 0 Å². The Morgan fingerprint density at radius 2 is 1.87 bits per heavy atom. The quantitative estimate of drug-likeness (QED) is 0.719. The molecule has 2 aliphatic rings. The van der Waals surface area contributed by atoms with E-state index in [2.05, 4.69) is 18.7 Å². The van der Waals surface area contributed by atoms with Crippen molar-refractivity contribution < 1.29 is 0 Å². The third-order valence-corrected chi connectivity index (χ3v) is 4.58. The van der Waals surface area contributed by atoms with E-state index in [4.69, 9.17) is 5.73 Å². The minimum absolute atomic E-state index is 0.438. The molecule has 0 aromatic heterocycles. The summed E-state index contributed by atoms with van der Waals surface area (Å²) in [4.78, 5) is 2.66. The molecule has 2 N–H and O–H groups in total. The molecule has 3 unspecified atom stereocenters. The maximum atomic E-state index is 6.05. The maximum Gasteiger partial charge on any atom is 0.0168 e. The summed E-state index contributed by atoms with van der Waals surface area (Å²) in [5.74, 6) is 1.83. The summed E-state index contributed by atoms with van der Waals surface area (Å²) >= 11 is 0. The fourth-order valence-corrected chi connectivity index (χ4v) is 3.22. The fraction of sp³-hybridized carbons (Fsp3) is 1.00. The monoisotopic (exact) mass is 210 g/mol. The molecule has 4 atom stereocenters. The Hall–Kier alpha value is -0.0800. The van der Waals surface area contributed by atoms with Gasteiger partial charge in [0, 0.05) is 18.6 Å². The van der Waals surface area contributed by atoms with Gasteiger partial charge in [-0.25, -0.2) is 0 Å². The van der Waals surface area contributed by atoms with Crippen molar-refractivity contribution in [3.8, 4) is 0 Å². The number of hydrogen-bond acceptors (Lipinski definition) is 2. The Morgan fingerprint density at radius 1 is 1.07 bits per heavy atom. The van der Waals surface area contributed by atoms with E-state index in [1.807, 2.05) is 0 Å². The average Bonchev–Trinajstić information content (AvgIpc) is 2.22. The second-order valence-electron chi connectivity index (χ2n) is 5.82. The highest BCUT2D eigenvalue weighted by atomic mass is 15.2. The summed E-state index contributed by atoms with van der Waals surface area (Å²) < 4.78 is 0. The van der Waals surface area contributed by atoms with Gasteiger partial charge in [0.15, 0.2) is 0 Å². The standard InChI is InChI=1S/C13H26N2/c1-10-5-6-13(8-11(10)2)15-7-3-4-12(14)9-15/h10-13H,3-9,14H2,1-2H3/t10?,11?,12-,13?/m1/s1. The van der Waals surface area contributed by atoms with E-state index >= 15 is 0 Å². The largest absolute Gasteiger partial charge is 0.327 e. The van der Waals surface area contributed by atoms with E-state index in [0.29, 0.717) is 6.04 Å². The summed E-state index contributed by atoms with van der Waals surface area (Å²) in [6.45, 7) is 7.26. The van der Waals surface area contributed by atoms with Gasteiger partial charge in [0.2, 0.25) is 0 Å². The second-order valence-corrected chi connectivity index (χ2v) is 5.82. The summed E-state index contributed by atoms with van der Waals surface area (Å²) in [6.07, 6.45) is 6.75. The van der Waals surface area contributed by atoms with Crippen LogP contribution in [-0.4, -0.2) is 30.1 Å². The minimum Gasteiger partial charge on any atom is -0.327 e. The molecule has 1 saturated heterocycles.